The van der Waals surface area contributed by atoms with Gasteiger partial charge >= 0.3 is 5.97 Å². The lowest BCUT2D eigenvalue weighted by molar-refractivity contribution is -0.147. The van der Waals surface area contributed by atoms with Crippen molar-refractivity contribution in [3.8, 4) is 0 Å². The molecule has 0 aliphatic rings. The van der Waals surface area contributed by atoms with Crippen LogP contribution < -0.4 is 5.73 Å². The van der Waals surface area contributed by atoms with Crippen LogP contribution in [0.15, 0.2) is 29.2 Å². The molecule has 1 aromatic carbocycles. The van der Waals surface area contributed by atoms with E-state index < -0.39 is 28.0 Å². The zero-order chi connectivity index (χ0) is 14.6. The lowest BCUT2D eigenvalue weighted by atomic mass is 10.0. The normalized spacial score (nSPS) is 14.7. The summed E-state index contributed by atoms with van der Waals surface area (Å²) >= 11 is 0. The van der Waals surface area contributed by atoms with Gasteiger partial charge in [-0.05, 0) is 24.6 Å². The summed E-state index contributed by atoms with van der Waals surface area (Å²) in [6.45, 7) is 1.81. The first-order valence-corrected chi connectivity index (χ1v) is 7.56. The molecule has 0 spiro atoms. The van der Waals surface area contributed by atoms with Gasteiger partial charge in [-0.3, -0.25) is 4.79 Å². The smallest absolute Gasteiger partial charge is 0.325 e. The number of hydrogen-bond donors (Lipinski definition) is 2. The van der Waals surface area contributed by atoms with Crippen LogP contribution >= 0.6 is 0 Å². The summed E-state index contributed by atoms with van der Waals surface area (Å²) < 4.78 is 27.3. The highest BCUT2D eigenvalue weighted by molar-refractivity contribution is 7.90. The highest BCUT2D eigenvalue weighted by Crippen LogP contribution is 2.19. The minimum absolute atomic E-state index is 0.133. The van der Waals surface area contributed by atoms with E-state index in [1.54, 1.807) is 6.92 Å². The van der Waals surface area contributed by atoms with Crippen molar-refractivity contribution in [2.45, 2.75) is 24.0 Å². The summed E-state index contributed by atoms with van der Waals surface area (Å²) in [5, 5.41) is 9.90. The first-order valence-electron chi connectivity index (χ1n) is 5.67. The molecule has 6 nitrogen and oxygen atoms in total. The minimum Gasteiger partial charge on any atom is -0.465 e. The standard InChI is InChI=1S/C12H17NO5S/c1-3-18-12(15)10(13)11(14)8-4-6-9(7-5-8)19(2,16)17/h4-7,10-11,14H,3,13H2,1-2H3/t10-,11-/m1/s1. The molecule has 0 fully saturated rings. The molecule has 3 N–H and O–H groups in total. The van der Waals surface area contributed by atoms with Crippen molar-refractivity contribution in [2.75, 3.05) is 12.9 Å². The zero-order valence-corrected chi connectivity index (χ0v) is 11.6. The molecule has 0 unspecified atom stereocenters. The number of ether oxygens (including phenoxy) is 1. The van der Waals surface area contributed by atoms with E-state index in [2.05, 4.69) is 0 Å². The van der Waals surface area contributed by atoms with Gasteiger partial charge in [-0.15, -0.1) is 0 Å². The predicted molar refractivity (Wildman–Crippen MR) is 69.1 cm³/mol. The molecule has 0 radical (unpaired) electrons. The SMILES string of the molecule is CCOC(=O)[C@H](N)[C@H](O)c1ccc(S(C)(=O)=O)cc1. The van der Waals surface area contributed by atoms with E-state index >= 15 is 0 Å². The number of esters is 1. The fraction of sp³-hybridized carbons (Fsp3) is 0.417. The van der Waals surface area contributed by atoms with Crippen LogP contribution in [0.5, 0.6) is 0 Å². The Balaban J connectivity index is 2.89. The number of hydrogen-bond acceptors (Lipinski definition) is 6. The number of benzene rings is 1. The van der Waals surface area contributed by atoms with Gasteiger partial charge in [0.25, 0.3) is 0 Å². The molecule has 1 aromatic rings. The fourth-order valence-electron chi connectivity index (χ4n) is 1.49. The van der Waals surface area contributed by atoms with Gasteiger partial charge in [0.1, 0.15) is 12.1 Å². The monoisotopic (exact) mass is 287 g/mol. The second-order valence-electron chi connectivity index (χ2n) is 4.06. The summed E-state index contributed by atoms with van der Waals surface area (Å²) in [5.41, 5.74) is 5.91. The highest BCUT2D eigenvalue weighted by atomic mass is 32.2. The van der Waals surface area contributed by atoms with E-state index in [0.29, 0.717) is 5.56 Å². The van der Waals surface area contributed by atoms with Gasteiger partial charge in [-0.25, -0.2) is 8.42 Å². The highest BCUT2D eigenvalue weighted by Gasteiger charge is 2.25. The third-order valence-corrected chi connectivity index (χ3v) is 3.68. The number of aliphatic hydroxyl groups excluding tert-OH is 1. The number of sulfone groups is 1. The Morgan fingerprint density at radius 1 is 1.37 bits per heavy atom. The van der Waals surface area contributed by atoms with Crippen molar-refractivity contribution in [3.63, 3.8) is 0 Å². The van der Waals surface area contributed by atoms with Crippen LogP contribution in [-0.2, 0) is 19.4 Å². The lowest BCUT2D eigenvalue weighted by Crippen LogP contribution is -2.38. The molecule has 0 aromatic heterocycles. The van der Waals surface area contributed by atoms with Gasteiger partial charge in [-0.2, -0.15) is 0 Å². The van der Waals surface area contributed by atoms with Crippen molar-refractivity contribution in [2.24, 2.45) is 5.73 Å². The first-order chi connectivity index (χ1) is 8.77. The second-order valence-corrected chi connectivity index (χ2v) is 6.08. The Bertz CT molecular complexity index is 538. The molecule has 0 aliphatic carbocycles. The van der Waals surface area contributed by atoms with Crippen LogP contribution in [0.4, 0.5) is 0 Å². The van der Waals surface area contributed by atoms with Gasteiger partial charge in [-0.1, -0.05) is 12.1 Å². The third kappa shape index (κ3) is 4.02. The number of aliphatic hydroxyl groups is 1. The van der Waals surface area contributed by atoms with Crippen molar-refractivity contribution in [3.05, 3.63) is 29.8 Å². The maximum absolute atomic E-state index is 11.4. The van der Waals surface area contributed by atoms with Crippen molar-refractivity contribution in [1.82, 2.24) is 0 Å². The maximum atomic E-state index is 11.4. The van der Waals surface area contributed by atoms with E-state index in [1.807, 2.05) is 0 Å². The number of carbonyl (C=O) groups excluding carboxylic acids is 1. The maximum Gasteiger partial charge on any atom is 0.325 e. The van der Waals surface area contributed by atoms with Gasteiger partial charge in [0, 0.05) is 6.26 Å². The Labute approximate surface area is 112 Å². The summed E-state index contributed by atoms with van der Waals surface area (Å²) in [4.78, 5) is 11.5. The first kappa shape index (κ1) is 15.6. The van der Waals surface area contributed by atoms with E-state index in [4.69, 9.17) is 10.5 Å². The van der Waals surface area contributed by atoms with E-state index in [-0.39, 0.29) is 11.5 Å². The topological polar surface area (TPSA) is 107 Å². The average molecular weight is 287 g/mol. The lowest BCUT2D eigenvalue weighted by Gasteiger charge is -2.17. The molecule has 19 heavy (non-hydrogen) atoms. The van der Waals surface area contributed by atoms with E-state index in [9.17, 15) is 18.3 Å². The van der Waals surface area contributed by atoms with Crippen LogP contribution in [0.25, 0.3) is 0 Å². The third-order valence-electron chi connectivity index (χ3n) is 2.55. The number of rotatable bonds is 5. The van der Waals surface area contributed by atoms with Gasteiger partial charge < -0.3 is 15.6 Å². The van der Waals surface area contributed by atoms with Gasteiger partial charge in [0.05, 0.1) is 11.5 Å². The molecular formula is C12H17NO5S. The minimum atomic E-state index is -3.29. The fourth-order valence-corrected chi connectivity index (χ4v) is 2.12. The van der Waals surface area contributed by atoms with Crippen molar-refractivity contribution in [1.29, 1.82) is 0 Å². The summed E-state index contributed by atoms with van der Waals surface area (Å²) in [7, 11) is -3.29. The Hall–Kier alpha value is -1.44. The van der Waals surface area contributed by atoms with E-state index in [0.717, 1.165) is 6.26 Å². The Morgan fingerprint density at radius 2 is 1.89 bits per heavy atom. The van der Waals surface area contributed by atoms with E-state index in [1.165, 1.54) is 24.3 Å². The molecule has 0 saturated heterocycles. The van der Waals surface area contributed by atoms with Crippen LogP contribution in [0.2, 0.25) is 0 Å². The molecule has 106 valence electrons. The number of nitrogens with two attached hydrogens (primary N) is 1. The molecule has 1 rings (SSSR count). The predicted octanol–water partition coefficient (Wildman–Crippen LogP) is 0.0139. The molecule has 0 bridgehead atoms. The van der Waals surface area contributed by atoms with Crippen LogP contribution in [0.1, 0.15) is 18.6 Å². The van der Waals surface area contributed by atoms with Gasteiger partial charge in [0.15, 0.2) is 9.84 Å². The summed E-state index contributed by atoms with van der Waals surface area (Å²) in [6, 6.07) is 4.33. The quantitative estimate of drug-likeness (QED) is 0.739. The van der Waals surface area contributed by atoms with Crippen molar-refractivity contribution >= 4 is 15.8 Å². The van der Waals surface area contributed by atoms with Gasteiger partial charge in [0.2, 0.25) is 0 Å². The summed E-state index contributed by atoms with van der Waals surface area (Å²) in [5.74, 6) is -0.706. The molecule has 0 saturated carbocycles. The summed E-state index contributed by atoms with van der Waals surface area (Å²) in [6.07, 6.45) is -0.157. The molecule has 0 aliphatic heterocycles. The Morgan fingerprint density at radius 3 is 2.32 bits per heavy atom. The Kier molecular flexibility index (Phi) is 5.04. The molecule has 0 heterocycles. The number of carbonyl (C=O) groups is 1. The van der Waals surface area contributed by atoms with Crippen LogP contribution in [0, 0.1) is 0 Å². The average Bonchev–Trinajstić information content (AvgIpc) is 2.36. The second kappa shape index (κ2) is 6.14. The molecule has 0 amide bonds. The van der Waals surface area contributed by atoms with Crippen LogP contribution in [0.3, 0.4) is 0 Å². The zero-order valence-electron chi connectivity index (χ0n) is 10.7. The molecular weight excluding hydrogens is 270 g/mol. The molecule has 7 heteroatoms. The van der Waals surface area contributed by atoms with Crippen LogP contribution in [-0.4, -0.2) is 38.4 Å². The molecule has 2 atom stereocenters. The largest absolute Gasteiger partial charge is 0.465 e. The van der Waals surface area contributed by atoms with Crippen molar-refractivity contribution < 1.29 is 23.1 Å².